The molecule has 126 valence electrons. The minimum absolute atomic E-state index is 0.103. The fourth-order valence-electron chi connectivity index (χ4n) is 1.98. The van der Waals surface area contributed by atoms with Gasteiger partial charge in [-0.2, -0.15) is 0 Å². The van der Waals surface area contributed by atoms with Gasteiger partial charge in [0, 0.05) is 43.6 Å². The zero-order valence-electron chi connectivity index (χ0n) is 14.6. The monoisotopic (exact) mass is 325 g/mol. The average Bonchev–Trinajstić information content (AvgIpc) is 3.00. The first kappa shape index (κ1) is 19.0. The van der Waals surface area contributed by atoms with E-state index in [1.54, 1.807) is 11.3 Å². The first-order valence-corrected chi connectivity index (χ1v) is 8.90. The molecule has 0 radical (unpaired) electrons. The summed E-state index contributed by atoms with van der Waals surface area (Å²) in [6.07, 6.45) is 0.988. The SMILES string of the molecule is CN=C(NCCCOCC(C)C)NCC(C)(C)c1cccs1. The van der Waals surface area contributed by atoms with Crippen molar-refractivity contribution >= 4 is 17.3 Å². The number of rotatable bonds is 9. The summed E-state index contributed by atoms with van der Waals surface area (Å²) in [6.45, 7) is 12.2. The number of aliphatic imine (C=N–C) groups is 1. The predicted molar refractivity (Wildman–Crippen MR) is 97.0 cm³/mol. The van der Waals surface area contributed by atoms with E-state index in [0.29, 0.717) is 5.92 Å². The maximum Gasteiger partial charge on any atom is 0.191 e. The number of nitrogens with one attached hydrogen (secondary N) is 2. The maximum absolute atomic E-state index is 5.57. The minimum Gasteiger partial charge on any atom is -0.381 e. The summed E-state index contributed by atoms with van der Waals surface area (Å²) >= 11 is 1.80. The quantitative estimate of drug-likeness (QED) is 0.416. The second-order valence-corrected chi connectivity index (χ2v) is 7.48. The average molecular weight is 326 g/mol. The van der Waals surface area contributed by atoms with Gasteiger partial charge in [-0.1, -0.05) is 33.8 Å². The van der Waals surface area contributed by atoms with Gasteiger partial charge in [-0.3, -0.25) is 4.99 Å². The molecular formula is C17H31N3OS. The summed E-state index contributed by atoms with van der Waals surface area (Å²) in [5, 5.41) is 8.88. The highest BCUT2D eigenvalue weighted by Gasteiger charge is 2.21. The van der Waals surface area contributed by atoms with E-state index in [4.69, 9.17) is 4.74 Å². The highest BCUT2D eigenvalue weighted by atomic mass is 32.1. The molecule has 0 amide bonds. The highest BCUT2D eigenvalue weighted by molar-refractivity contribution is 7.10. The second kappa shape index (κ2) is 9.85. The molecule has 0 aliphatic rings. The van der Waals surface area contributed by atoms with E-state index in [0.717, 1.165) is 38.7 Å². The molecule has 22 heavy (non-hydrogen) atoms. The van der Waals surface area contributed by atoms with Gasteiger partial charge in [0.15, 0.2) is 5.96 Å². The van der Waals surface area contributed by atoms with Gasteiger partial charge in [0.1, 0.15) is 0 Å². The zero-order valence-corrected chi connectivity index (χ0v) is 15.4. The molecule has 5 heteroatoms. The lowest BCUT2D eigenvalue weighted by atomic mass is 9.91. The van der Waals surface area contributed by atoms with Crippen LogP contribution in [-0.4, -0.2) is 39.3 Å². The van der Waals surface area contributed by atoms with E-state index in [1.807, 2.05) is 7.05 Å². The molecule has 1 aromatic rings. The number of hydrogen-bond acceptors (Lipinski definition) is 3. The van der Waals surface area contributed by atoms with E-state index in [-0.39, 0.29) is 5.41 Å². The summed E-state index contributed by atoms with van der Waals surface area (Å²) in [5.41, 5.74) is 0.103. The highest BCUT2D eigenvalue weighted by Crippen LogP contribution is 2.26. The smallest absolute Gasteiger partial charge is 0.191 e. The molecule has 0 saturated heterocycles. The first-order chi connectivity index (χ1) is 10.5. The van der Waals surface area contributed by atoms with E-state index >= 15 is 0 Å². The molecule has 0 aromatic carbocycles. The van der Waals surface area contributed by atoms with Crippen LogP contribution in [0.1, 0.15) is 39.0 Å². The molecule has 2 N–H and O–H groups in total. The Morgan fingerprint density at radius 3 is 2.73 bits per heavy atom. The van der Waals surface area contributed by atoms with E-state index in [1.165, 1.54) is 4.88 Å². The Balaban J connectivity index is 2.23. The summed E-state index contributed by atoms with van der Waals surface area (Å²) in [7, 11) is 1.81. The van der Waals surface area contributed by atoms with Crippen molar-refractivity contribution in [3.63, 3.8) is 0 Å². The normalized spacial score (nSPS) is 12.7. The first-order valence-electron chi connectivity index (χ1n) is 8.02. The van der Waals surface area contributed by atoms with Gasteiger partial charge in [-0.15, -0.1) is 11.3 Å². The Labute approximate surface area is 139 Å². The molecule has 4 nitrogen and oxygen atoms in total. The fourth-order valence-corrected chi connectivity index (χ4v) is 2.83. The van der Waals surface area contributed by atoms with Crippen molar-refractivity contribution in [1.29, 1.82) is 0 Å². The van der Waals surface area contributed by atoms with Gasteiger partial charge >= 0.3 is 0 Å². The summed E-state index contributed by atoms with van der Waals surface area (Å²) in [5.74, 6) is 1.45. The molecule has 1 heterocycles. The third kappa shape index (κ3) is 7.27. The molecule has 0 aliphatic carbocycles. The van der Waals surface area contributed by atoms with Gasteiger partial charge in [0.05, 0.1) is 0 Å². The van der Waals surface area contributed by atoms with Crippen LogP contribution in [0.4, 0.5) is 0 Å². The van der Waals surface area contributed by atoms with Crippen molar-refractivity contribution < 1.29 is 4.74 Å². The Morgan fingerprint density at radius 2 is 2.14 bits per heavy atom. The van der Waals surface area contributed by atoms with Crippen LogP contribution < -0.4 is 10.6 Å². The summed E-state index contributed by atoms with van der Waals surface area (Å²) < 4.78 is 5.57. The topological polar surface area (TPSA) is 45.7 Å². The number of thiophene rings is 1. The molecule has 0 unspecified atom stereocenters. The van der Waals surface area contributed by atoms with Gasteiger partial charge in [0.2, 0.25) is 0 Å². The van der Waals surface area contributed by atoms with Crippen LogP contribution in [0.2, 0.25) is 0 Å². The fraction of sp³-hybridized carbons (Fsp3) is 0.706. The Bertz CT molecular complexity index is 427. The van der Waals surface area contributed by atoms with Crippen LogP contribution in [0.25, 0.3) is 0 Å². The molecule has 0 spiro atoms. The van der Waals surface area contributed by atoms with Crippen LogP contribution in [0, 0.1) is 5.92 Å². The standard InChI is InChI=1S/C17H31N3OS/c1-14(2)12-21-10-7-9-19-16(18-5)20-13-17(3,4)15-8-6-11-22-15/h6,8,11,14H,7,9-10,12-13H2,1-5H3,(H2,18,19,20). The van der Waals surface area contributed by atoms with Crippen molar-refractivity contribution in [2.24, 2.45) is 10.9 Å². The van der Waals surface area contributed by atoms with Crippen LogP contribution in [0.15, 0.2) is 22.5 Å². The molecule has 0 fully saturated rings. The van der Waals surface area contributed by atoms with Crippen molar-refractivity contribution in [3.05, 3.63) is 22.4 Å². The van der Waals surface area contributed by atoms with Gasteiger partial charge in [-0.25, -0.2) is 0 Å². The van der Waals surface area contributed by atoms with E-state index in [2.05, 4.69) is 60.8 Å². The lowest BCUT2D eigenvalue weighted by Crippen LogP contribution is -2.43. The molecule has 0 atom stereocenters. The second-order valence-electron chi connectivity index (χ2n) is 6.54. The Hall–Kier alpha value is -1.07. The minimum atomic E-state index is 0.103. The number of nitrogens with zero attached hydrogens (tertiary/aromatic N) is 1. The van der Waals surface area contributed by atoms with Crippen molar-refractivity contribution in [2.45, 2.75) is 39.5 Å². The predicted octanol–water partition coefficient (Wildman–Crippen LogP) is 3.25. The van der Waals surface area contributed by atoms with Gasteiger partial charge in [-0.05, 0) is 23.8 Å². The lowest BCUT2D eigenvalue weighted by Gasteiger charge is -2.25. The van der Waals surface area contributed by atoms with Crippen molar-refractivity contribution in [1.82, 2.24) is 10.6 Å². The summed E-state index contributed by atoms with van der Waals surface area (Å²) in [4.78, 5) is 5.66. The Morgan fingerprint density at radius 1 is 1.36 bits per heavy atom. The molecular weight excluding hydrogens is 294 g/mol. The zero-order chi connectivity index (χ0) is 16.4. The summed E-state index contributed by atoms with van der Waals surface area (Å²) in [6, 6.07) is 4.29. The number of hydrogen-bond donors (Lipinski definition) is 2. The van der Waals surface area contributed by atoms with Crippen LogP contribution in [0.5, 0.6) is 0 Å². The Kier molecular flexibility index (Phi) is 8.49. The van der Waals surface area contributed by atoms with E-state index in [9.17, 15) is 0 Å². The molecule has 0 bridgehead atoms. The molecule has 0 saturated carbocycles. The van der Waals surface area contributed by atoms with Crippen LogP contribution >= 0.6 is 11.3 Å². The van der Waals surface area contributed by atoms with Crippen molar-refractivity contribution in [3.8, 4) is 0 Å². The van der Waals surface area contributed by atoms with Crippen LogP contribution in [-0.2, 0) is 10.2 Å². The number of ether oxygens (including phenoxy) is 1. The molecule has 0 aliphatic heterocycles. The third-order valence-corrected chi connectivity index (χ3v) is 4.55. The van der Waals surface area contributed by atoms with Crippen molar-refractivity contribution in [2.75, 3.05) is 33.4 Å². The molecule has 1 rings (SSSR count). The third-order valence-electron chi connectivity index (χ3n) is 3.32. The lowest BCUT2D eigenvalue weighted by molar-refractivity contribution is 0.108. The largest absolute Gasteiger partial charge is 0.381 e. The van der Waals surface area contributed by atoms with E-state index < -0.39 is 0 Å². The maximum atomic E-state index is 5.57. The van der Waals surface area contributed by atoms with Gasteiger partial charge in [0.25, 0.3) is 0 Å². The van der Waals surface area contributed by atoms with Crippen LogP contribution in [0.3, 0.4) is 0 Å². The number of guanidine groups is 1. The molecule has 1 aromatic heterocycles. The van der Waals surface area contributed by atoms with Gasteiger partial charge < -0.3 is 15.4 Å².